The maximum absolute atomic E-state index is 11.6. The second-order valence-corrected chi connectivity index (χ2v) is 4.01. The molecule has 0 aromatic carbocycles. The average molecular weight is 260 g/mol. The molecule has 0 aliphatic heterocycles. The fourth-order valence-electron chi connectivity index (χ4n) is 0.975. The zero-order valence-electron chi connectivity index (χ0n) is 9.77. The molecule has 7 nitrogen and oxygen atoms in total. The smallest absolute Gasteiger partial charge is 0.322 e. The molecule has 1 heterocycles. The van der Waals surface area contributed by atoms with Gasteiger partial charge in [-0.1, -0.05) is 13.8 Å². The first-order chi connectivity index (χ1) is 7.93. The van der Waals surface area contributed by atoms with Crippen molar-refractivity contribution in [1.29, 1.82) is 0 Å². The van der Waals surface area contributed by atoms with Crippen LogP contribution in [0.3, 0.4) is 0 Å². The van der Waals surface area contributed by atoms with Crippen LogP contribution in [0.5, 0.6) is 6.01 Å². The Morgan fingerprint density at radius 3 is 2.59 bits per heavy atom. The van der Waals surface area contributed by atoms with Crippen LogP contribution in [0.1, 0.15) is 13.8 Å². The van der Waals surface area contributed by atoms with Crippen molar-refractivity contribution >= 4 is 23.5 Å². The van der Waals surface area contributed by atoms with Crippen molar-refractivity contribution in [2.75, 3.05) is 12.4 Å². The molecule has 1 atom stereocenters. The Labute approximate surface area is 104 Å². The average Bonchev–Trinajstić information content (AvgIpc) is 2.26. The van der Waals surface area contributed by atoms with Gasteiger partial charge in [-0.05, 0) is 17.5 Å². The Balaban J connectivity index is 2.81. The Morgan fingerprint density at radius 1 is 1.41 bits per heavy atom. The zero-order valence-corrected chi connectivity index (χ0v) is 10.5. The molecule has 0 saturated carbocycles. The minimum atomic E-state index is -0.642. The number of nitrogens with two attached hydrogens (primary N) is 1. The van der Waals surface area contributed by atoms with Gasteiger partial charge in [-0.2, -0.15) is 15.0 Å². The number of nitrogens with one attached hydrogen (secondary N) is 1. The number of carbonyl (C=O) groups is 1. The normalized spacial score (nSPS) is 12.4. The first-order valence-corrected chi connectivity index (χ1v) is 5.34. The Hall–Kier alpha value is -1.47. The zero-order chi connectivity index (χ0) is 13.0. The van der Waals surface area contributed by atoms with Gasteiger partial charge in [0, 0.05) is 0 Å². The SMILES string of the molecule is COc1nc(Cl)nc(NC(=O)[C@@H](N)C(C)C)n1. The maximum atomic E-state index is 11.6. The van der Waals surface area contributed by atoms with E-state index in [4.69, 9.17) is 22.1 Å². The number of rotatable bonds is 4. The number of aromatic nitrogens is 3. The topological polar surface area (TPSA) is 103 Å². The molecule has 0 radical (unpaired) electrons. The molecule has 94 valence electrons. The fourth-order valence-corrected chi connectivity index (χ4v) is 1.13. The summed E-state index contributed by atoms with van der Waals surface area (Å²) in [5.74, 6) is -0.360. The second-order valence-electron chi connectivity index (χ2n) is 3.67. The van der Waals surface area contributed by atoms with Gasteiger partial charge >= 0.3 is 6.01 Å². The van der Waals surface area contributed by atoms with Crippen LogP contribution in [0, 0.1) is 5.92 Å². The first kappa shape index (κ1) is 13.6. The van der Waals surface area contributed by atoms with Crippen molar-refractivity contribution in [2.45, 2.75) is 19.9 Å². The van der Waals surface area contributed by atoms with Crippen LogP contribution in [0.2, 0.25) is 5.28 Å². The number of amides is 1. The van der Waals surface area contributed by atoms with Gasteiger partial charge in [0.05, 0.1) is 13.2 Å². The lowest BCUT2D eigenvalue weighted by Crippen LogP contribution is -2.40. The molecule has 0 aliphatic carbocycles. The van der Waals surface area contributed by atoms with Crippen molar-refractivity contribution in [2.24, 2.45) is 11.7 Å². The van der Waals surface area contributed by atoms with Crippen molar-refractivity contribution in [3.8, 4) is 6.01 Å². The molecule has 0 saturated heterocycles. The summed E-state index contributed by atoms with van der Waals surface area (Å²) >= 11 is 5.63. The molecule has 0 aliphatic rings. The van der Waals surface area contributed by atoms with Crippen molar-refractivity contribution < 1.29 is 9.53 Å². The Bertz CT molecular complexity index is 412. The van der Waals surface area contributed by atoms with Crippen LogP contribution in [0.25, 0.3) is 0 Å². The van der Waals surface area contributed by atoms with Crippen molar-refractivity contribution in [3.63, 3.8) is 0 Å². The predicted octanol–water partition coefficient (Wildman–Crippen LogP) is 0.455. The lowest BCUT2D eigenvalue weighted by atomic mass is 10.1. The van der Waals surface area contributed by atoms with E-state index in [1.54, 1.807) is 0 Å². The summed E-state index contributed by atoms with van der Waals surface area (Å²) in [4.78, 5) is 22.9. The molecule has 0 fully saturated rings. The molecular formula is C9H14ClN5O2. The van der Waals surface area contributed by atoms with Crippen LogP contribution >= 0.6 is 11.6 Å². The Morgan fingerprint density at radius 2 is 2.06 bits per heavy atom. The molecule has 1 amide bonds. The summed E-state index contributed by atoms with van der Waals surface area (Å²) < 4.78 is 4.80. The highest BCUT2D eigenvalue weighted by Gasteiger charge is 2.18. The van der Waals surface area contributed by atoms with Crippen LogP contribution in [0.15, 0.2) is 0 Å². The van der Waals surface area contributed by atoms with Crippen LogP contribution in [-0.4, -0.2) is 34.0 Å². The summed E-state index contributed by atoms with van der Waals surface area (Å²) in [5.41, 5.74) is 5.67. The van der Waals surface area contributed by atoms with Crippen LogP contribution in [0.4, 0.5) is 5.95 Å². The quantitative estimate of drug-likeness (QED) is 0.814. The number of hydrogen-bond donors (Lipinski definition) is 2. The highest BCUT2D eigenvalue weighted by Crippen LogP contribution is 2.11. The van der Waals surface area contributed by atoms with Gasteiger partial charge in [0.2, 0.25) is 17.1 Å². The highest BCUT2D eigenvalue weighted by atomic mass is 35.5. The summed E-state index contributed by atoms with van der Waals surface area (Å²) in [6.07, 6.45) is 0. The molecule has 3 N–H and O–H groups in total. The van der Waals surface area contributed by atoms with E-state index >= 15 is 0 Å². The van der Waals surface area contributed by atoms with Gasteiger partial charge in [-0.25, -0.2) is 0 Å². The summed E-state index contributed by atoms with van der Waals surface area (Å²) in [7, 11) is 1.39. The third-order valence-corrected chi connectivity index (χ3v) is 2.20. The molecular weight excluding hydrogens is 246 g/mol. The number of halogens is 1. The van der Waals surface area contributed by atoms with Crippen LogP contribution < -0.4 is 15.8 Å². The molecule has 1 rings (SSSR count). The summed E-state index contributed by atoms with van der Waals surface area (Å²) in [5, 5.41) is 2.38. The predicted molar refractivity (Wildman–Crippen MR) is 62.8 cm³/mol. The van der Waals surface area contributed by atoms with E-state index in [-0.39, 0.29) is 29.1 Å². The van der Waals surface area contributed by atoms with E-state index in [9.17, 15) is 4.79 Å². The maximum Gasteiger partial charge on any atom is 0.322 e. The third kappa shape index (κ3) is 3.79. The van der Waals surface area contributed by atoms with Gasteiger partial charge in [-0.3, -0.25) is 10.1 Å². The van der Waals surface area contributed by atoms with E-state index in [2.05, 4.69) is 20.3 Å². The highest BCUT2D eigenvalue weighted by molar-refractivity contribution is 6.28. The van der Waals surface area contributed by atoms with E-state index in [1.807, 2.05) is 13.8 Å². The van der Waals surface area contributed by atoms with Gasteiger partial charge in [0.1, 0.15) is 0 Å². The molecule has 8 heteroatoms. The third-order valence-electron chi connectivity index (χ3n) is 2.03. The van der Waals surface area contributed by atoms with Crippen molar-refractivity contribution in [3.05, 3.63) is 5.28 Å². The van der Waals surface area contributed by atoms with E-state index < -0.39 is 6.04 Å². The summed E-state index contributed by atoms with van der Waals surface area (Å²) in [6, 6.07) is -0.616. The number of nitrogens with zero attached hydrogens (tertiary/aromatic N) is 3. The molecule has 0 unspecified atom stereocenters. The lowest BCUT2D eigenvalue weighted by molar-refractivity contribution is -0.118. The van der Waals surface area contributed by atoms with Gasteiger partial charge in [0.15, 0.2) is 0 Å². The van der Waals surface area contributed by atoms with E-state index in [0.717, 1.165) is 0 Å². The standard InChI is InChI=1S/C9H14ClN5O2/c1-4(2)5(11)6(16)12-8-13-7(10)14-9(15-8)17-3/h4-5H,11H2,1-3H3,(H,12,13,14,15,16)/t5-/m0/s1. The Kier molecular flexibility index (Phi) is 4.59. The number of hydrogen-bond acceptors (Lipinski definition) is 6. The van der Waals surface area contributed by atoms with E-state index in [1.165, 1.54) is 7.11 Å². The number of ether oxygens (including phenoxy) is 1. The second kappa shape index (κ2) is 5.74. The molecule has 1 aromatic rings. The van der Waals surface area contributed by atoms with Crippen molar-refractivity contribution in [1.82, 2.24) is 15.0 Å². The minimum absolute atomic E-state index is 0.00852. The minimum Gasteiger partial charge on any atom is -0.467 e. The lowest BCUT2D eigenvalue weighted by Gasteiger charge is -2.14. The molecule has 17 heavy (non-hydrogen) atoms. The number of carbonyl (C=O) groups excluding carboxylic acids is 1. The first-order valence-electron chi connectivity index (χ1n) is 4.96. The molecule has 0 spiro atoms. The van der Waals surface area contributed by atoms with Gasteiger partial charge in [-0.15, -0.1) is 0 Å². The van der Waals surface area contributed by atoms with Gasteiger partial charge in [0.25, 0.3) is 0 Å². The molecule has 1 aromatic heterocycles. The van der Waals surface area contributed by atoms with Gasteiger partial charge < -0.3 is 10.5 Å². The number of anilines is 1. The summed E-state index contributed by atoms with van der Waals surface area (Å²) in [6.45, 7) is 3.68. The van der Waals surface area contributed by atoms with Crippen LogP contribution in [-0.2, 0) is 4.79 Å². The fraction of sp³-hybridized carbons (Fsp3) is 0.556. The largest absolute Gasteiger partial charge is 0.467 e. The number of methoxy groups -OCH3 is 1. The molecule has 0 bridgehead atoms. The monoisotopic (exact) mass is 259 g/mol. The van der Waals surface area contributed by atoms with E-state index in [0.29, 0.717) is 0 Å².